The maximum absolute atomic E-state index is 11.0. The number of nitrogens with zero attached hydrogens (tertiary/aromatic N) is 1. The van der Waals surface area contributed by atoms with Gasteiger partial charge in [-0.15, -0.1) is 0 Å². The Balaban J connectivity index is 2.34. The van der Waals surface area contributed by atoms with Crippen molar-refractivity contribution in [2.45, 2.75) is 0 Å². The Morgan fingerprint density at radius 2 is 1.84 bits per heavy atom. The van der Waals surface area contributed by atoms with Crippen LogP contribution in [0.25, 0.3) is 12.2 Å². The van der Waals surface area contributed by atoms with Crippen LogP contribution in [0.15, 0.2) is 48.5 Å². The fourth-order valence-corrected chi connectivity index (χ4v) is 1.70. The highest BCUT2D eigenvalue weighted by molar-refractivity contribution is 5.74. The van der Waals surface area contributed by atoms with Gasteiger partial charge in [0.05, 0.1) is 23.7 Å². The molecular formula is C15H13NO3. The molecule has 0 aliphatic carbocycles. The Hall–Kier alpha value is -2.62. The van der Waals surface area contributed by atoms with Crippen molar-refractivity contribution >= 4 is 17.8 Å². The maximum atomic E-state index is 11.0. The average molecular weight is 255 g/mol. The molecule has 96 valence electrons. The lowest BCUT2D eigenvalue weighted by Crippen LogP contribution is -1.93. The van der Waals surface area contributed by atoms with Crippen LogP contribution in [0.4, 0.5) is 5.69 Å². The second kappa shape index (κ2) is 5.82. The van der Waals surface area contributed by atoms with E-state index in [9.17, 15) is 10.1 Å². The molecule has 0 radical (unpaired) electrons. The Bertz CT molecular complexity index is 606. The van der Waals surface area contributed by atoms with Crippen LogP contribution in [0.3, 0.4) is 0 Å². The monoisotopic (exact) mass is 255 g/mol. The van der Waals surface area contributed by atoms with Gasteiger partial charge in [-0.3, -0.25) is 10.1 Å². The van der Waals surface area contributed by atoms with Crippen molar-refractivity contribution in [2.75, 3.05) is 7.11 Å². The van der Waals surface area contributed by atoms with Crippen molar-refractivity contribution in [3.63, 3.8) is 0 Å². The van der Waals surface area contributed by atoms with E-state index in [0.29, 0.717) is 11.3 Å². The molecule has 2 aromatic carbocycles. The van der Waals surface area contributed by atoms with Crippen LogP contribution in [0.1, 0.15) is 11.1 Å². The summed E-state index contributed by atoms with van der Waals surface area (Å²) in [5.74, 6) is 0.476. The van der Waals surface area contributed by atoms with E-state index >= 15 is 0 Å². The summed E-state index contributed by atoms with van der Waals surface area (Å²) in [7, 11) is 1.48. The fraction of sp³-hybridized carbons (Fsp3) is 0.0667. The first-order chi connectivity index (χ1) is 9.20. The molecule has 0 amide bonds. The van der Waals surface area contributed by atoms with Crippen molar-refractivity contribution < 1.29 is 9.66 Å². The molecule has 0 aliphatic heterocycles. The lowest BCUT2D eigenvalue weighted by atomic mass is 10.1. The van der Waals surface area contributed by atoms with Crippen LogP contribution in [0, 0.1) is 10.1 Å². The van der Waals surface area contributed by atoms with Crippen LogP contribution >= 0.6 is 0 Å². The van der Waals surface area contributed by atoms with Gasteiger partial charge in [-0.05, 0) is 23.8 Å². The number of nitro benzene ring substituents is 1. The predicted molar refractivity (Wildman–Crippen MR) is 75.0 cm³/mol. The number of rotatable bonds is 4. The van der Waals surface area contributed by atoms with E-state index in [1.165, 1.54) is 13.2 Å². The Kier molecular flexibility index (Phi) is 3.93. The highest BCUT2D eigenvalue weighted by Gasteiger charge is 2.12. The lowest BCUT2D eigenvalue weighted by molar-refractivity contribution is -0.385. The van der Waals surface area contributed by atoms with Gasteiger partial charge in [0.2, 0.25) is 0 Å². The van der Waals surface area contributed by atoms with Crippen LogP contribution < -0.4 is 4.74 Å². The highest BCUT2D eigenvalue weighted by Crippen LogP contribution is 2.26. The molecule has 0 atom stereocenters. The minimum absolute atomic E-state index is 0.0338. The van der Waals surface area contributed by atoms with Crippen molar-refractivity contribution in [1.82, 2.24) is 0 Å². The molecular weight excluding hydrogens is 242 g/mol. The molecule has 0 aliphatic rings. The molecule has 19 heavy (non-hydrogen) atoms. The van der Waals surface area contributed by atoms with E-state index in [0.717, 1.165) is 5.56 Å². The largest absolute Gasteiger partial charge is 0.497 e. The van der Waals surface area contributed by atoms with Crippen LogP contribution in [-0.2, 0) is 0 Å². The van der Waals surface area contributed by atoms with E-state index < -0.39 is 4.92 Å². The van der Waals surface area contributed by atoms with Gasteiger partial charge in [-0.1, -0.05) is 36.4 Å². The van der Waals surface area contributed by atoms with Gasteiger partial charge < -0.3 is 4.74 Å². The second-order valence-electron chi connectivity index (χ2n) is 3.93. The van der Waals surface area contributed by atoms with Crippen molar-refractivity contribution in [3.05, 3.63) is 69.8 Å². The smallest absolute Gasteiger partial charge is 0.280 e. The molecule has 0 saturated heterocycles. The summed E-state index contributed by atoms with van der Waals surface area (Å²) in [4.78, 5) is 10.6. The summed E-state index contributed by atoms with van der Waals surface area (Å²) < 4.78 is 4.99. The number of hydrogen-bond acceptors (Lipinski definition) is 3. The molecule has 0 unspecified atom stereocenters. The van der Waals surface area contributed by atoms with E-state index in [-0.39, 0.29) is 5.69 Å². The summed E-state index contributed by atoms with van der Waals surface area (Å²) in [6.45, 7) is 0. The second-order valence-corrected chi connectivity index (χ2v) is 3.93. The van der Waals surface area contributed by atoms with Crippen LogP contribution in [-0.4, -0.2) is 12.0 Å². The summed E-state index contributed by atoms with van der Waals surface area (Å²) in [5, 5.41) is 11.0. The van der Waals surface area contributed by atoms with Crippen molar-refractivity contribution in [3.8, 4) is 5.75 Å². The minimum atomic E-state index is -0.410. The van der Waals surface area contributed by atoms with Gasteiger partial charge in [-0.25, -0.2) is 0 Å². The highest BCUT2D eigenvalue weighted by atomic mass is 16.6. The number of ether oxygens (including phenoxy) is 1. The third kappa shape index (κ3) is 3.19. The van der Waals surface area contributed by atoms with Gasteiger partial charge in [-0.2, -0.15) is 0 Å². The normalized spacial score (nSPS) is 10.6. The first-order valence-electron chi connectivity index (χ1n) is 5.76. The first kappa shape index (κ1) is 12.8. The Labute approximate surface area is 111 Å². The van der Waals surface area contributed by atoms with E-state index in [4.69, 9.17) is 4.74 Å². The van der Waals surface area contributed by atoms with E-state index in [1.807, 2.05) is 36.4 Å². The zero-order valence-corrected chi connectivity index (χ0v) is 10.4. The molecule has 2 rings (SSSR count). The fourth-order valence-electron chi connectivity index (χ4n) is 1.70. The SMILES string of the molecule is COc1ccc(C=Cc2ccccc2)c([N+](=O)[O-])c1. The van der Waals surface area contributed by atoms with E-state index in [1.54, 1.807) is 18.2 Å². The topological polar surface area (TPSA) is 52.4 Å². The van der Waals surface area contributed by atoms with Gasteiger partial charge in [0.25, 0.3) is 5.69 Å². The van der Waals surface area contributed by atoms with Gasteiger partial charge >= 0.3 is 0 Å². The summed E-state index contributed by atoms with van der Waals surface area (Å²) in [6, 6.07) is 14.4. The molecule has 0 aromatic heterocycles. The molecule has 0 bridgehead atoms. The molecule has 0 fully saturated rings. The summed E-state index contributed by atoms with van der Waals surface area (Å²) in [6.07, 6.45) is 3.57. The summed E-state index contributed by atoms with van der Waals surface area (Å²) in [5.41, 5.74) is 1.58. The first-order valence-corrected chi connectivity index (χ1v) is 5.76. The Morgan fingerprint density at radius 1 is 1.11 bits per heavy atom. The van der Waals surface area contributed by atoms with Crippen LogP contribution in [0.2, 0.25) is 0 Å². The van der Waals surface area contributed by atoms with Gasteiger partial charge in [0.15, 0.2) is 0 Å². The molecule has 2 aromatic rings. The lowest BCUT2D eigenvalue weighted by Gasteiger charge is -2.02. The third-order valence-corrected chi connectivity index (χ3v) is 2.69. The molecule has 4 nitrogen and oxygen atoms in total. The van der Waals surface area contributed by atoms with Crippen LogP contribution in [0.5, 0.6) is 5.75 Å². The number of benzene rings is 2. The zero-order chi connectivity index (χ0) is 13.7. The number of methoxy groups -OCH3 is 1. The van der Waals surface area contributed by atoms with E-state index in [2.05, 4.69) is 0 Å². The molecule has 0 N–H and O–H groups in total. The predicted octanol–water partition coefficient (Wildman–Crippen LogP) is 3.77. The molecule has 0 spiro atoms. The number of nitro groups is 1. The minimum Gasteiger partial charge on any atom is -0.497 e. The van der Waals surface area contributed by atoms with Crippen molar-refractivity contribution in [1.29, 1.82) is 0 Å². The van der Waals surface area contributed by atoms with Crippen molar-refractivity contribution in [2.24, 2.45) is 0 Å². The Morgan fingerprint density at radius 3 is 2.47 bits per heavy atom. The number of hydrogen-bond donors (Lipinski definition) is 0. The average Bonchev–Trinajstić information content (AvgIpc) is 2.46. The summed E-state index contributed by atoms with van der Waals surface area (Å²) >= 11 is 0. The quantitative estimate of drug-likeness (QED) is 0.474. The third-order valence-electron chi connectivity index (χ3n) is 2.69. The molecule has 4 heteroatoms. The standard InChI is InChI=1S/C15H13NO3/c1-19-14-10-9-13(15(11-14)16(17)18)8-7-12-5-3-2-4-6-12/h2-11H,1H3. The molecule has 0 saturated carbocycles. The molecule has 0 heterocycles. The zero-order valence-electron chi connectivity index (χ0n) is 10.4. The maximum Gasteiger partial charge on any atom is 0.280 e. The van der Waals surface area contributed by atoms with Gasteiger partial charge in [0, 0.05) is 0 Å². The van der Waals surface area contributed by atoms with Gasteiger partial charge in [0.1, 0.15) is 5.75 Å².